The van der Waals surface area contributed by atoms with Crippen molar-refractivity contribution in [3.8, 4) is 0 Å². The lowest BCUT2D eigenvalue weighted by Crippen LogP contribution is -2.61. The van der Waals surface area contributed by atoms with E-state index in [1.165, 1.54) is 17.9 Å². The van der Waals surface area contributed by atoms with Gasteiger partial charge in [-0.25, -0.2) is 0 Å². The van der Waals surface area contributed by atoms with Crippen molar-refractivity contribution < 1.29 is 5.11 Å². The maximum Gasteiger partial charge on any atom is 0.0574 e. The fourth-order valence-electron chi connectivity index (χ4n) is 3.69. The third kappa shape index (κ3) is 2.13. The van der Waals surface area contributed by atoms with Crippen molar-refractivity contribution in [2.75, 3.05) is 0 Å². The molecule has 2 rings (SSSR count). The molecular formula is C13H24NO2-. The first kappa shape index (κ1) is 12.3. The van der Waals surface area contributed by atoms with Crippen molar-refractivity contribution in [1.82, 2.24) is 5.06 Å². The number of aliphatic hydroxyl groups is 1. The summed E-state index contributed by atoms with van der Waals surface area (Å²) >= 11 is 0. The normalized spacial score (nSPS) is 34.9. The molecule has 0 aromatic carbocycles. The summed E-state index contributed by atoms with van der Waals surface area (Å²) in [6, 6.07) is 0. The van der Waals surface area contributed by atoms with Gasteiger partial charge >= 0.3 is 0 Å². The van der Waals surface area contributed by atoms with E-state index in [9.17, 15) is 10.3 Å². The molecule has 1 aliphatic heterocycles. The van der Waals surface area contributed by atoms with Crippen molar-refractivity contribution >= 4 is 0 Å². The lowest BCUT2D eigenvalue weighted by Gasteiger charge is -2.61. The van der Waals surface area contributed by atoms with E-state index < -0.39 is 5.54 Å². The highest BCUT2D eigenvalue weighted by Crippen LogP contribution is 2.45. The van der Waals surface area contributed by atoms with Crippen LogP contribution in [0.15, 0.2) is 0 Å². The van der Waals surface area contributed by atoms with E-state index in [0.717, 1.165) is 25.7 Å². The molecule has 94 valence electrons. The highest BCUT2D eigenvalue weighted by Gasteiger charge is 2.44. The number of nitrogens with zero attached hydrogens (tertiary/aromatic N) is 1. The van der Waals surface area contributed by atoms with Crippen LogP contribution < -0.4 is 0 Å². The average Bonchev–Trinajstić information content (AvgIpc) is 2.40. The van der Waals surface area contributed by atoms with Gasteiger partial charge in [-0.3, -0.25) is 0 Å². The van der Waals surface area contributed by atoms with Crippen LogP contribution >= 0.6 is 0 Å². The van der Waals surface area contributed by atoms with Gasteiger partial charge in [0.2, 0.25) is 0 Å². The number of hydrogen-bond donors (Lipinski definition) is 1. The molecule has 16 heavy (non-hydrogen) atoms. The fraction of sp³-hybridized carbons (Fsp3) is 1.00. The van der Waals surface area contributed by atoms with E-state index in [-0.39, 0.29) is 11.6 Å². The van der Waals surface area contributed by atoms with Crippen molar-refractivity contribution in [3.63, 3.8) is 0 Å². The molecule has 1 atom stereocenters. The molecule has 0 aromatic rings. The van der Waals surface area contributed by atoms with Crippen molar-refractivity contribution in [2.45, 2.75) is 82.4 Å². The number of piperidine rings is 1. The summed E-state index contributed by atoms with van der Waals surface area (Å²) in [7, 11) is 0. The van der Waals surface area contributed by atoms with Crippen LogP contribution in [-0.4, -0.2) is 27.4 Å². The maximum absolute atomic E-state index is 12.5. The van der Waals surface area contributed by atoms with Crippen LogP contribution in [-0.2, 0) is 0 Å². The molecule has 0 radical (unpaired) electrons. The lowest BCUT2D eigenvalue weighted by atomic mass is 9.74. The molecule has 1 unspecified atom stereocenters. The second kappa shape index (κ2) is 4.28. The molecule has 1 N–H and O–H groups in total. The molecule has 2 aliphatic rings. The van der Waals surface area contributed by atoms with Crippen molar-refractivity contribution in [1.29, 1.82) is 0 Å². The van der Waals surface area contributed by atoms with Crippen LogP contribution in [0.1, 0.15) is 65.2 Å². The zero-order valence-electron chi connectivity index (χ0n) is 10.5. The van der Waals surface area contributed by atoms with Gasteiger partial charge in [0.05, 0.1) is 6.10 Å². The second-order valence-corrected chi connectivity index (χ2v) is 6.31. The Kier molecular flexibility index (Phi) is 3.30. The first-order valence-electron chi connectivity index (χ1n) is 6.62. The monoisotopic (exact) mass is 226 g/mol. The lowest BCUT2D eigenvalue weighted by molar-refractivity contribution is -0.0733. The summed E-state index contributed by atoms with van der Waals surface area (Å²) in [5.74, 6) is 0. The summed E-state index contributed by atoms with van der Waals surface area (Å²) in [6.45, 7) is 3.93. The smallest absolute Gasteiger partial charge is 0.0574 e. The molecule has 3 heteroatoms. The van der Waals surface area contributed by atoms with E-state index >= 15 is 0 Å². The Morgan fingerprint density at radius 2 is 1.62 bits per heavy atom. The molecule has 0 bridgehead atoms. The summed E-state index contributed by atoms with van der Waals surface area (Å²) in [5, 5.41) is 23.9. The molecule has 0 amide bonds. The van der Waals surface area contributed by atoms with Gasteiger partial charge < -0.3 is 15.4 Å². The first-order valence-corrected chi connectivity index (χ1v) is 6.62. The molecule has 1 saturated heterocycles. The second-order valence-electron chi connectivity index (χ2n) is 6.31. The van der Waals surface area contributed by atoms with Gasteiger partial charge in [-0.05, 0) is 39.5 Å². The Balaban J connectivity index is 2.22. The van der Waals surface area contributed by atoms with Crippen molar-refractivity contribution in [2.24, 2.45) is 0 Å². The topological polar surface area (TPSA) is 46.5 Å². The molecule has 1 saturated carbocycles. The van der Waals surface area contributed by atoms with Gasteiger partial charge in [0.1, 0.15) is 0 Å². The van der Waals surface area contributed by atoms with Crippen LogP contribution in [0.25, 0.3) is 0 Å². The zero-order valence-corrected chi connectivity index (χ0v) is 10.5. The number of hydroxylamine groups is 2. The first-order chi connectivity index (χ1) is 7.46. The number of rotatable bonds is 0. The third-order valence-electron chi connectivity index (χ3n) is 4.37. The number of aliphatic hydroxyl groups excluding tert-OH is 1. The van der Waals surface area contributed by atoms with Crippen molar-refractivity contribution in [3.05, 3.63) is 5.21 Å². The highest BCUT2D eigenvalue weighted by atomic mass is 16.5. The number of hydrogen-bond acceptors (Lipinski definition) is 3. The molecular weight excluding hydrogens is 202 g/mol. The van der Waals surface area contributed by atoms with Crippen LogP contribution in [0.3, 0.4) is 0 Å². The largest absolute Gasteiger partial charge is 0.784 e. The molecule has 1 spiro atoms. The molecule has 0 aromatic heterocycles. The predicted octanol–water partition coefficient (Wildman–Crippen LogP) is 2.81. The quantitative estimate of drug-likeness (QED) is 0.691. The van der Waals surface area contributed by atoms with Crippen LogP contribution in [0.2, 0.25) is 0 Å². The Morgan fingerprint density at radius 3 is 2.19 bits per heavy atom. The van der Waals surface area contributed by atoms with E-state index in [0.29, 0.717) is 12.8 Å². The van der Waals surface area contributed by atoms with Gasteiger partial charge in [-0.1, -0.05) is 25.7 Å². The SMILES string of the molecule is CC1(C)CC(O)CC2(CCCCCC2)N1[O-]. The third-order valence-corrected chi connectivity index (χ3v) is 4.37. The Hall–Kier alpha value is -0.120. The Bertz CT molecular complexity index is 244. The summed E-state index contributed by atoms with van der Waals surface area (Å²) in [6.07, 6.45) is 7.70. The molecule has 1 heterocycles. The Labute approximate surface area is 98.4 Å². The van der Waals surface area contributed by atoms with Gasteiger partial charge in [-0.2, -0.15) is 0 Å². The van der Waals surface area contributed by atoms with E-state index in [1.807, 2.05) is 13.8 Å². The standard InChI is InChI=1S/C13H24NO2/c1-12(2)9-11(15)10-13(14(12)16)7-5-3-4-6-8-13/h11,15H,3-10H2,1-2H3/q-1. The van der Waals surface area contributed by atoms with E-state index in [2.05, 4.69) is 0 Å². The predicted molar refractivity (Wildman–Crippen MR) is 65.0 cm³/mol. The minimum absolute atomic E-state index is 0.266. The molecule has 1 aliphatic carbocycles. The summed E-state index contributed by atoms with van der Waals surface area (Å²) in [5.41, 5.74) is -0.667. The van der Waals surface area contributed by atoms with Crippen LogP contribution in [0, 0.1) is 5.21 Å². The van der Waals surface area contributed by atoms with Crippen LogP contribution in [0.4, 0.5) is 0 Å². The summed E-state index contributed by atoms with van der Waals surface area (Å²) < 4.78 is 0. The van der Waals surface area contributed by atoms with Gasteiger partial charge in [0, 0.05) is 11.1 Å². The minimum atomic E-state index is -0.401. The van der Waals surface area contributed by atoms with E-state index in [4.69, 9.17) is 0 Å². The minimum Gasteiger partial charge on any atom is -0.784 e. The molecule has 3 nitrogen and oxygen atoms in total. The highest BCUT2D eigenvalue weighted by molar-refractivity contribution is 5.05. The fourth-order valence-corrected chi connectivity index (χ4v) is 3.69. The molecule has 2 fully saturated rings. The summed E-state index contributed by atoms with van der Waals surface area (Å²) in [4.78, 5) is 0. The van der Waals surface area contributed by atoms with Gasteiger partial charge in [0.15, 0.2) is 0 Å². The zero-order chi connectivity index (χ0) is 11.8. The van der Waals surface area contributed by atoms with Crippen LogP contribution in [0.5, 0.6) is 0 Å². The maximum atomic E-state index is 12.5. The Morgan fingerprint density at radius 1 is 1.06 bits per heavy atom. The average molecular weight is 226 g/mol. The van der Waals surface area contributed by atoms with E-state index in [1.54, 1.807) is 0 Å². The van der Waals surface area contributed by atoms with Gasteiger partial charge in [-0.15, -0.1) is 0 Å². The van der Waals surface area contributed by atoms with Gasteiger partial charge in [0.25, 0.3) is 0 Å².